The molecule has 2 aromatic rings. The second kappa shape index (κ2) is 9.57. The number of ether oxygens (including phenoxy) is 2. The molecule has 0 radical (unpaired) electrons. The summed E-state index contributed by atoms with van der Waals surface area (Å²) < 4.78 is 11.9. The SMILES string of the molecule is CC1=NC2=C(C(=O)CC(C)(C)C2)[C@H](c2ccccc2OCc2ccccc2)C1C(=O)OC(C)C. The van der Waals surface area contributed by atoms with Crippen LogP contribution in [0.4, 0.5) is 0 Å². The Hall–Kier alpha value is -3.21. The van der Waals surface area contributed by atoms with Crippen LogP contribution in [0.15, 0.2) is 70.9 Å². The van der Waals surface area contributed by atoms with Crippen LogP contribution >= 0.6 is 0 Å². The summed E-state index contributed by atoms with van der Waals surface area (Å²) in [5, 5.41) is 0. The normalized spacial score (nSPS) is 21.7. The maximum atomic E-state index is 13.5. The van der Waals surface area contributed by atoms with Gasteiger partial charge in [-0.2, -0.15) is 0 Å². The van der Waals surface area contributed by atoms with Crippen molar-refractivity contribution in [2.75, 3.05) is 0 Å². The Balaban J connectivity index is 1.80. The Morgan fingerprint density at radius 1 is 1.06 bits per heavy atom. The molecule has 2 aliphatic rings. The fourth-order valence-electron chi connectivity index (χ4n) is 5.00. The molecule has 0 saturated carbocycles. The van der Waals surface area contributed by atoms with Crippen LogP contribution in [0.25, 0.3) is 0 Å². The van der Waals surface area contributed by atoms with Gasteiger partial charge in [-0.05, 0) is 44.2 Å². The molecule has 0 saturated heterocycles. The lowest BCUT2D eigenvalue weighted by atomic mass is 9.66. The third kappa shape index (κ3) is 4.98. The van der Waals surface area contributed by atoms with Crippen molar-refractivity contribution < 1.29 is 19.1 Å². The minimum Gasteiger partial charge on any atom is -0.489 e. The van der Waals surface area contributed by atoms with Gasteiger partial charge in [0.05, 0.1) is 6.10 Å². The van der Waals surface area contributed by atoms with Crippen LogP contribution < -0.4 is 4.74 Å². The van der Waals surface area contributed by atoms with Crippen LogP contribution in [0, 0.1) is 11.3 Å². The molecule has 1 unspecified atom stereocenters. The predicted molar refractivity (Wildman–Crippen MR) is 133 cm³/mol. The standard InChI is InChI=1S/C29H33NO4/c1-18(2)34-28(32)25-19(3)30-22-15-29(4,5)16-23(31)27(22)26(25)21-13-9-10-14-24(21)33-17-20-11-7-6-8-12-20/h6-14,18,25-26H,15-17H2,1-5H3/t25?,26-/m1/s1. The summed E-state index contributed by atoms with van der Waals surface area (Å²) in [5.41, 5.74) is 3.79. The highest BCUT2D eigenvalue weighted by Gasteiger charge is 2.47. The fraction of sp³-hybridized carbons (Fsp3) is 0.414. The Morgan fingerprint density at radius 2 is 1.74 bits per heavy atom. The summed E-state index contributed by atoms with van der Waals surface area (Å²) in [5.74, 6) is -0.809. The van der Waals surface area contributed by atoms with E-state index in [9.17, 15) is 9.59 Å². The summed E-state index contributed by atoms with van der Waals surface area (Å²) in [4.78, 5) is 31.6. The first-order chi connectivity index (χ1) is 16.2. The topological polar surface area (TPSA) is 65.0 Å². The van der Waals surface area contributed by atoms with Gasteiger partial charge in [-0.25, -0.2) is 0 Å². The molecule has 178 valence electrons. The molecule has 0 amide bonds. The lowest BCUT2D eigenvalue weighted by molar-refractivity contribution is -0.150. The first kappa shape index (κ1) is 23.9. The lowest BCUT2D eigenvalue weighted by Crippen LogP contribution is -2.40. The van der Waals surface area contributed by atoms with Crippen LogP contribution in [-0.2, 0) is 20.9 Å². The monoisotopic (exact) mass is 459 g/mol. The molecule has 5 nitrogen and oxygen atoms in total. The van der Waals surface area contributed by atoms with E-state index in [4.69, 9.17) is 14.5 Å². The first-order valence-electron chi connectivity index (χ1n) is 11.9. The number of carbonyl (C=O) groups is 2. The Bertz CT molecular complexity index is 1140. The molecule has 5 heteroatoms. The van der Waals surface area contributed by atoms with E-state index in [1.54, 1.807) is 0 Å². The number of allylic oxidation sites excluding steroid dienone is 2. The number of para-hydroxylation sites is 1. The van der Waals surface area contributed by atoms with Gasteiger partial charge in [0.15, 0.2) is 5.78 Å². The van der Waals surface area contributed by atoms with E-state index < -0.39 is 11.8 Å². The summed E-state index contributed by atoms with van der Waals surface area (Å²) in [6.45, 7) is 10.1. The minimum absolute atomic E-state index is 0.0488. The molecular weight excluding hydrogens is 426 g/mol. The fourth-order valence-corrected chi connectivity index (χ4v) is 5.00. The molecule has 0 N–H and O–H groups in total. The lowest BCUT2D eigenvalue weighted by Gasteiger charge is -2.39. The number of hydrogen-bond acceptors (Lipinski definition) is 5. The number of benzene rings is 2. The number of nitrogens with zero attached hydrogens (tertiary/aromatic N) is 1. The number of esters is 1. The minimum atomic E-state index is -0.673. The average Bonchev–Trinajstić information content (AvgIpc) is 2.76. The molecule has 1 aliphatic carbocycles. The molecule has 0 fully saturated rings. The number of ketones is 1. The van der Waals surface area contributed by atoms with Gasteiger partial charge >= 0.3 is 5.97 Å². The Labute approximate surface area is 201 Å². The summed E-state index contributed by atoms with van der Waals surface area (Å²) in [6.07, 6.45) is 0.860. The van der Waals surface area contributed by atoms with Crippen LogP contribution in [0.3, 0.4) is 0 Å². The number of rotatable bonds is 6. The van der Waals surface area contributed by atoms with Crippen LogP contribution in [-0.4, -0.2) is 23.6 Å². The van der Waals surface area contributed by atoms with Gasteiger partial charge in [-0.3, -0.25) is 14.6 Å². The van der Waals surface area contributed by atoms with Crippen LogP contribution in [0.1, 0.15) is 64.5 Å². The number of carbonyl (C=O) groups excluding carboxylic acids is 2. The van der Waals surface area contributed by atoms with Gasteiger partial charge in [-0.15, -0.1) is 0 Å². The van der Waals surface area contributed by atoms with Crippen molar-refractivity contribution in [3.8, 4) is 5.75 Å². The smallest absolute Gasteiger partial charge is 0.315 e. The molecule has 2 atom stereocenters. The largest absolute Gasteiger partial charge is 0.489 e. The molecule has 1 aliphatic heterocycles. The van der Waals surface area contributed by atoms with Gasteiger partial charge in [0, 0.05) is 34.9 Å². The van der Waals surface area contributed by atoms with Crippen molar-refractivity contribution in [2.24, 2.45) is 16.3 Å². The molecule has 0 aromatic heterocycles. The zero-order valence-electron chi connectivity index (χ0n) is 20.6. The molecule has 0 spiro atoms. The van der Waals surface area contributed by atoms with Gasteiger partial charge < -0.3 is 9.47 Å². The zero-order chi connectivity index (χ0) is 24.5. The van der Waals surface area contributed by atoms with Crippen molar-refractivity contribution in [1.29, 1.82) is 0 Å². The third-order valence-corrected chi connectivity index (χ3v) is 6.40. The van der Waals surface area contributed by atoms with Crippen molar-refractivity contribution in [2.45, 2.75) is 66.1 Å². The van der Waals surface area contributed by atoms with E-state index in [0.29, 0.717) is 36.5 Å². The first-order valence-corrected chi connectivity index (χ1v) is 11.9. The molecule has 2 aromatic carbocycles. The highest BCUT2D eigenvalue weighted by atomic mass is 16.5. The molecule has 34 heavy (non-hydrogen) atoms. The van der Waals surface area contributed by atoms with E-state index in [0.717, 1.165) is 16.8 Å². The number of Topliss-reactive ketones (excluding diaryl/α,β-unsaturated/α-hetero) is 1. The van der Waals surface area contributed by atoms with E-state index in [-0.39, 0.29) is 23.3 Å². The van der Waals surface area contributed by atoms with E-state index in [2.05, 4.69) is 13.8 Å². The van der Waals surface area contributed by atoms with Crippen molar-refractivity contribution in [1.82, 2.24) is 0 Å². The third-order valence-electron chi connectivity index (χ3n) is 6.40. The van der Waals surface area contributed by atoms with E-state index >= 15 is 0 Å². The predicted octanol–water partition coefficient (Wildman–Crippen LogP) is 6.03. The maximum Gasteiger partial charge on any atom is 0.315 e. The second-order valence-corrected chi connectivity index (χ2v) is 10.3. The van der Waals surface area contributed by atoms with Crippen LogP contribution in [0.2, 0.25) is 0 Å². The zero-order valence-corrected chi connectivity index (χ0v) is 20.6. The van der Waals surface area contributed by atoms with E-state index in [1.807, 2.05) is 75.4 Å². The molecule has 1 heterocycles. The highest BCUT2D eigenvalue weighted by Crippen LogP contribution is 2.49. The molecular formula is C29H33NO4. The Kier molecular flexibility index (Phi) is 6.74. The summed E-state index contributed by atoms with van der Waals surface area (Å²) in [6, 6.07) is 17.6. The van der Waals surface area contributed by atoms with Gasteiger partial charge in [0.1, 0.15) is 18.3 Å². The number of hydrogen-bond donors (Lipinski definition) is 0. The molecule has 0 bridgehead atoms. The van der Waals surface area contributed by atoms with Crippen molar-refractivity contribution in [3.63, 3.8) is 0 Å². The van der Waals surface area contributed by atoms with Gasteiger partial charge in [-0.1, -0.05) is 62.4 Å². The highest BCUT2D eigenvalue weighted by molar-refractivity contribution is 6.09. The van der Waals surface area contributed by atoms with E-state index in [1.165, 1.54) is 0 Å². The van der Waals surface area contributed by atoms with Gasteiger partial charge in [0.25, 0.3) is 0 Å². The summed E-state index contributed by atoms with van der Waals surface area (Å²) >= 11 is 0. The van der Waals surface area contributed by atoms with Gasteiger partial charge in [0.2, 0.25) is 0 Å². The average molecular weight is 460 g/mol. The Morgan fingerprint density at radius 3 is 2.44 bits per heavy atom. The second-order valence-electron chi connectivity index (χ2n) is 10.3. The van der Waals surface area contributed by atoms with Crippen LogP contribution in [0.5, 0.6) is 5.75 Å². The molecule has 4 rings (SSSR count). The maximum absolute atomic E-state index is 13.5. The van der Waals surface area contributed by atoms with Crippen molar-refractivity contribution >= 4 is 17.5 Å². The summed E-state index contributed by atoms with van der Waals surface area (Å²) in [7, 11) is 0. The van der Waals surface area contributed by atoms with Crippen molar-refractivity contribution in [3.05, 3.63) is 77.0 Å². The quantitative estimate of drug-likeness (QED) is 0.495. The number of aliphatic imine (C=N–C) groups is 1.